The molecule has 1 rings (SSSR count). The van der Waals surface area contributed by atoms with Crippen LogP contribution >= 0.6 is 0 Å². The van der Waals surface area contributed by atoms with Gasteiger partial charge in [0.2, 0.25) is 5.91 Å². The van der Waals surface area contributed by atoms with Gasteiger partial charge in [0.05, 0.1) is 0 Å². The van der Waals surface area contributed by atoms with E-state index >= 15 is 0 Å². The molecule has 1 fully saturated rings. The monoisotopic (exact) mass is 184 g/mol. The van der Waals surface area contributed by atoms with Crippen molar-refractivity contribution in [1.29, 1.82) is 0 Å². The number of nitrogens with one attached hydrogen (secondary N) is 1. The third kappa shape index (κ3) is 2.69. The predicted molar refractivity (Wildman–Crippen MR) is 53.2 cm³/mol. The summed E-state index contributed by atoms with van der Waals surface area (Å²) >= 11 is 0. The van der Waals surface area contributed by atoms with E-state index in [4.69, 9.17) is 5.73 Å². The second-order valence-corrected chi connectivity index (χ2v) is 4.24. The summed E-state index contributed by atoms with van der Waals surface area (Å²) in [6, 6.07) is 0. The Bertz CT molecular complexity index is 187. The average molecular weight is 184 g/mol. The van der Waals surface area contributed by atoms with E-state index < -0.39 is 0 Å². The number of hydrogen-bond donors (Lipinski definition) is 2. The number of carbonyl (C=O) groups is 1. The van der Waals surface area contributed by atoms with Gasteiger partial charge >= 0.3 is 0 Å². The van der Waals surface area contributed by atoms with Gasteiger partial charge in [-0.15, -0.1) is 0 Å². The van der Waals surface area contributed by atoms with Crippen LogP contribution in [0.1, 0.15) is 39.5 Å². The first-order valence-corrected chi connectivity index (χ1v) is 5.14. The maximum absolute atomic E-state index is 11.4. The third-order valence-corrected chi connectivity index (χ3v) is 3.02. The van der Waals surface area contributed by atoms with Crippen molar-refractivity contribution in [1.82, 2.24) is 5.32 Å². The lowest BCUT2D eigenvalue weighted by atomic mass is 9.77. The molecule has 1 saturated carbocycles. The summed E-state index contributed by atoms with van der Waals surface area (Å²) in [6.45, 7) is 4.61. The highest BCUT2D eigenvalue weighted by molar-refractivity contribution is 5.78. The van der Waals surface area contributed by atoms with Gasteiger partial charge in [0.25, 0.3) is 0 Å². The minimum atomic E-state index is -0.0941. The van der Waals surface area contributed by atoms with Crippen LogP contribution in [0.2, 0.25) is 0 Å². The third-order valence-electron chi connectivity index (χ3n) is 3.02. The van der Waals surface area contributed by atoms with Crippen molar-refractivity contribution in [3.05, 3.63) is 0 Å². The van der Waals surface area contributed by atoms with Crippen molar-refractivity contribution in [2.45, 2.75) is 45.1 Å². The molecule has 0 saturated heterocycles. The predicted octanol–water partition coefficient (Wildman–Crippen LogP) is 1.03. The summed E-state index contributed by atoms with van der Waals surface area (Å²) in [7, 11) is 0. The van der Waals surface area contributed by atoms with Crippen molar-refractivity contribution >= 4 is 5.91 Å². The first kappa shape index (κ1) is 10.5. The molecule has 0 radical (unpaired) electrons. The molecule has 1 amide bonds. The molecular formula is C10H20N2O. The lowest BCUT2D eigenvalue weighted by molar-refractivity contribution is -0.125. The van der Waals surface area contributed by atoms with Crippen LogP contribution in [0.4, 0.5) is 0 Å². The van der Waals surface area contributed by atoms with Gasteiger partial charge in [-0.1, -0.05) is 13.8 Å². The smallest absolute Gasteiger partial charge is 0.222 e. The van der Waals surface area contributed by atoms with Crippen LogP contribution in [-0.4, -0.2) is 18.0 Å². The van der Waals surface area contributed by atoms with Crippen molar-refractivity contribution in [2.24, 2.45) is 11.7 Å². The zero-order valence-corrected chi connectivity index (χ0v) is 8.60. The Labute approximate surface area is 80.1 Å². The average Bonchev–Trinajstić information content (AvgIpc) is 2.09. The van der Waals surface area contributed by atoms with E-state index in [0.717, 1.165) is 19.3 Å². The highest BCUT2D eigenvalue weighted by atomic mass is 16.1. The number of rotatable bonds is 4. The molecule has 0 bridgehead atoms. The Morgan fingerprint density at radius 3 is 2.62 bits per heavy atom. The van der Waals surface area contributed by atoms with Crippen LogP contribution in [-0.2, 0) is 4.79 Å². The SMILES string of the molecule is CCC(C)C(=O)NCC1(N)CCC1. The lowest BCUT2D eigenvalue weighted by Gasteiger charge is -2.38. The molecule has 1 unspecified atom stereocenters. The Kier molecular flexibility index (Phi) is 3.31. The first-order valence-electron chi connectivity index (χ1n) is 5.14. The number of hydrogen-bond acceptors (Lipinski definition) is 2. The van der Waals surface area contributed by atoms with Crippen LogP contribution in [0.15, 0.2) is 0 Å². The van der Waals surface area contributed by atoms with Gasteiger partial charge in [0, 0.05) is 18.0 Å². The van der Waals surface area contributed by atoms with Crippen LogP contribution in [0.25, 0.3) is 0 Å². The first-order chi connectivity index (χ1) is 6.07. The maximum Gasteiger partial charge on any atom is 0.222 e. The molecule has 13 heavy (non-hydrogen) atoms. The topological polar surface area (TPSA) is 55.1 Å². The second-order valence-electron chi connectivity index (χ2n) is 4.24. The van der Waals surface area contributed by atoms with Gasteiger partial charge in [0.1, 0.15) is 0 Å². The summed E-state index contributed by atoms with van der Waals surface area (Å²) in [6.07, 6.45) is 4.20. The zero-order valence-electron chi connectivity index (χ0n) is 8.60. The Hall–Kier alpha value is -0.570. The van der Waals surface area contributed by atoms with Crippen molar-refractivity contribution in [3.63, 3.8) is 0 Å². The van der Waals surface area contributed by atoms with E-state index in [1.165, 1.54) is 6.42 Å². The Morgan fingerprint density at radius 1 is 1.62 bits per heavy atom. The summed E-state index contributed by atoms with van der Waals surface area (Å²) in [5.41, 5.74) is 5.88. The second kappa shape index (κ2) is 4.09. The van der Waals surface area contributed by atoms with Gasteiger partial charge in [-0.05, 0) is 25.7 Å². The van der Waals surface area contributed by atoms with E-state index in [1.54, 1.807) is 0 Å². The van der Waals surface area contributed by atoms with Crippen LogP contribution in [0.5, 0.6) is 0 Å². The summed E-state index contributed by atoms with van der Waals surface area (Å²) in [4.78, 5) is 11.4. The van der Waals surface area contributed by atoms with Crippen molar-refractivity contribution < 1.29 is 4.79 Å². The van der Waals surface area contributed by atoms with E-state index in [1.807, 2.05) is 13.8 Å². The molecule has 3 heteroatoms. The van der Waals surface area contributed by atoms with E-state index in [9.17, 15) is 4.79 Å². The molecule has 3 nitrogen and oxygen atoms in total. The lowest BCUT2D eigenvalue weighted by Crippen LogP contribution is -2.55. The molecule has 0 heterocycles. The summed E-state index contributed by atoms with van der Waals surface area (Å²) in [5, 5.41) is 2.91. The molecule has 0 aromatic heterocycles. The zero-order chi connectivity index (χ0) is 9.90. The van der Waals surface area contributed by atoms with E-state index in [2.05, 4.69) is 5.32 Å². The van der Waals surface area contributed by atoms with Gasteiger partial charge in [0.15, 0.2) is 0 Å². The van der Waals surface area contributed by atoms with Gasteiger partial charge in [-0.2, -0.15) is 0 Å². The minimum Gasteiger partial charge on any atom is -0.354 e. The quantitative estimate of drug-likeness (QED) is 0.685. The minimum absolute atomic E-state index is 0.0941. The molecule has 0 aromatic carbocycles. The summed E-state index contributed by atoms with van der Waals surface area (Å²) in [5.74, 6) is 0.253. The molecule has 3 N–H and O–H groups in total. The largest absolute Gasteiger partial charge is 0.354 e. The Balaban J connectivity index is 2.21. The van der Waals surface area contributed by atoms with E-state index in [0.29, 0.717) is 6.54 Å². The normalized spacial score (nSPS) is 21.8. The number of carbonyl (C=O) groups excluding carboxylic acids is 1. The number of amides is 1. The molecule has 76 valence electrons. The molecule has 0 aliphatic heterocycles. The van der Waals surface area contributed by atoms with Crippen molar-refractivity contribution in [2.75, 3.05) is 6.54 Å². The fourth-order valence-electron chi connectivity index (χ4n) is 1.43. The highest BCUT2D eigenvalue weighted by Crippen LogP contribution is 2.28. The van der Waals surface area contributed by atoms with Crippen molar-refractivity contribution in [3.8, 4) is 0 Å². The van der Waals surface area contributed by atoms with Crippen LogP contribution in [0.3, 0.4) is 0 Å². The molecular weight excluding hydrogens is 164 g/mol. The maximum atomic E-state index is 11.4. The molecule has 0 spiro atoms. The van der Waals surface area contributed by atoms with Gasteiger partial charge < -0.3 is 11.1 Å². The fourth-order valence-corrected chi connectivity index (χ4v) is 1.43. The molecule has 1 aliphatic rings. The molecule has 1 atom stereocenters. The van der Waals surface area contributed by atoms with Gasteiger partial charge in [-0.25, -0.2) is 0 Å². The Morgan fingerprint density at radius 2 is 2.23 bits per heavy atom. The van der Waals surface area contributed by atoms with Crippen LogP contribution in [0, 0.1) is 5.92 Å². The highest BCUT2D eigenvalue weighted by Gasteiger charge is 2.32. The summed E-state index contributed by atoms with van der Waals surface area (Å²) < 4.78 is 0. The standard InChI is InChI=1S/C10H20N2O/c1-3-8(2)9(13)12-7-10(11)5-4-6-10/h8H,3-7,11H2,1-2H3,(H,12,13). The number of nitrogens with two attached hydrogens (primary N) is 1. The molecule has 0 aromatic rings. The van der Waals surface area contributed by atoms with E-state index in [-0.39, 0.29) is 17.4 Å². The fraction of sp³-hybridized carbons (Fsp3) is 0.900. The van der Waals surface area contributed by atoms with Crippen LogP contribution < -0.4 is 11.1 Å². The van der Waals surface area contributed by atoms with Gasteiger partial charge in [-0.3, -0.25) is 4.79 Å². The molecule has 1 aliphatic carbocycles.